The Balaban J connectivity index is 2.67. The molecule has 1 heterocycles. The van der Waals surface area contributed by atoms with Crippen molar-refractivity contribution in [1.82, 2.24) is 15.6 Å². The second-order valence-corrected chi connectivity index (χ2v) is 2.61. The maximum atomic E-state index is 11.2. The molecule has 0 saturated heterocycles. The summed E-state index contributed by atoms with van der Waals surface area (Å²) in [5, 5.41) is 7.46. The Morgan fingerprint density at radius 1 is 1.54 bits per heavy atom. The summed E-state index contributed by atoms with van der Waals surface area (Å²) in [6.07, 6.45) is 1.66. The van der Waals surface area contributed by atoms with E-state index in [1.54, 1.807) is 18.3 Å². The molecule has 0 fully saturated rings. The standard InChI is InChI=1S/C8H8N4O/c9-11-8(13)6-3-1-2-5-4-10-12-7(5)6/h1-4H,9H2,(H,10,12)(H,11,13). The Hall–Kier alpha value is -1.88. The van der Waals surface area contributed by atoms with Crippen molar-refractivity contribution in [1.29, 1.82) is 0 Å². The van der Waals surface area contributed by atoms with E-state index in [2.05, 4.69) is 15.6 Å². The number of para-hydroxylation sites is 1. The van der Waals surface area contributed by atoms with Crippen LogP contribution in [0, 0.1) is 0 Å². The summed E-state index contributed by atoms with van der Waals surface area (Å²) in [6, 6.07) is 5.33. The number of aromatic amines is 1. The van der Waals surface area contributed by atoms with E-state index in [9.17, 15) is 4.79 Å². The van der Waals surface area contributed by atoms with E-state index in [0.717, 1.165) is 5.39 Å². The highest BCUT2D eigenvalue weighted by Crippen LogP contribution is 2.14. The highest BCUT2D eigenvalue weighted by atomic mass is 16.2. The number of carbonyl (C=O) groups excluding carboxylic acids is 1. The number of hydrogen-bond donors (Lipinski definition) is 3. The van der Waals surface area contributed by atoms with Gasteiger partial charge in [0.2, 0.25) is 0 Å². The number of H-pyrrole nitrogens is 1. The molecule has 0 saturated carbocycles. The minimum absolute atomic E-state index is 0.324. The number of benzene rings is 1. The summed E-state index contributed by atoms with van der Waals surface area (Å²) in [5.74, 6) is 4.71. The number of nitrogens with zero attached hydrogens (tertiary/aromatic N) is 1. The van der Waals surface area contributed by atoms with Crippen molar-refractivity contribution in [2.24, 2.45) is 5.84 Å². The average molecular weight is 176 g/mol. The Morgan fingerprint density at radius 3 is 3.15 bits per heavy atom. The van der Waals surface area contributed by atoms with Gasteiger partial charge in [-0.15, -0.1) is 0 Å². The first-order chi connectivity index (χ1) is 6.33. The Morgan fingerprint density at radius 2 is 2.38 bits per heavy atom. The molecule has 0 unspecified atom stereocenters. The lowest BCUT2D eigenvalue weighted by atomic mass is 10.1. The quantitative estimate of drug-likeness (QED) is 0.329. The zero-order valence-corrected chi connectivity index (χ0v) is 6.74. The van der Waals surface area contributed by atoms with Crippen LogP contribution in [-0.4, -0.2) is 16.1 Å². The van der Waals surface area contributed by atoms with Gasteiger partial charge in [0.15, 0.2) is 0 Å². The van der Waals surface area contributed by atoms with E-state index in [1.165, 1.54) is 0 Å². The molecule has 0 bridgehead atoms. The van der Waals surface area contributed by atoms with E-state index >= 15 is 0 Å². The molecule has 4 N–H and O–H groups in total. The number of hydrazine groups is 1. The van der Waals surface area contributed by atoms with Crippen LogP contribution >= 0.6 is 0 Å². The molecule has 1 aromatic carbocycles. The molecule has 2 aromatic rings. The number of rotatable bonds is 1. The number of fused-ring (bicyclic) bond motifs is 1. The number of nitrogen functional groups attached to an aromatic ring is 1. The SMILES string of the molecule is NNC(=O)c1cccc2cn[nH]c12. The van der Waals surface area contributed by atoms with Gasteiger partial charge in [-0.25, -0.2) is 5.84 Å². The third-order valence-electron chi connectivity index (χ3n) is 1.85. The molecule has 0 aliphatic rings. The fourth-order valence-electron chi connectivity index (χ4n) is 1.24. The summed E-state index contributed by atoms with van der Waals surface area (Å²) in [4.78, 5) is 11.2. The molecule has 5 heteroatoms. The summed E-state index contributed by atoms with van der Waals surface area (Å²) >= 11 is 0. The van der Waals surface area contributed by atoms with Crippen LogP contribution in [0.25, 0.3) is 10.9 Å². The summed E-state index contributed by atoms with van der Waals surface area (Å²) in [6.45, 7) is 0. The molecule has 0 aliphatic heterocycles. The Bertz CT molecular complexity index is 448. The van der Waals surface area contributed by atoms with Crippen LogP contribution in [0.2, 0.25) is 0 Å². The predicted octanol–water partition coefficient (Wildman–Crippen LogP) is 0.166. The van der Waals surface area contributed by atoms with Crippen molar-refractivity contribution < 1.29 is 4.79 Å². The highest BCUT2D eigenvalue weighted by Gasteiger charge is 2.08. The first kappa shape index (κ1) is 7.75. The van der Waals surface area contributed by atoms with Gasteiger partial charge < -0.3 is 0 Å². The second kappa shape index (κ2) is 2.87. The van der Waals surface area contributed by atoms with Crippen LogP contribution in [0.4, 0.5) is 0 Å². The third-order valence-corrected chi connectivity index (χ3v) is 1.85. The molecular weight excluding hydrogens is 168 g/mol. The topological polar surface area (TPSA) is 83.8 Å². The van der Waals surface area contributed by atoms with Gasteiger partial charge in [-0.05, 0) is 6.07 Å². The number of nitrogens with one attached hydrogen (secondary N) is 2. The summed E-state index contributed by atoms with van der Waals surface area (Å²) in [5.41, 5.74) is 3.27. The molecule has 13 heavy (non-hydrogen) atoms. The molecule has 1 amide bonds. The molecule has 5 nitrogen and oxygen atoms in total. The van der Waals surface area contributed by atoms with Gasteiger partial charge in [0.1, 0.15) is 0 Å². The zero-order valence-electron chi connectivity index (χ0n) is 6.74. The molecule has 2 rings (SSSR count). The molecule has 66 valence electrons. The number of nitrogens with two attached hydrogens (primary N) is 1. The Kier molecular flexibility index (Phi) is 1.71. The van der Waals surface area contributed by atoms with Crippen molar-refractivity contribution in [2.75, 3.05) is 0 Å². The van der Waals surface area contributed by atoms with Crippen LogP contribution in [0.5, 0.6) is 0 Å². The van der Waals surface area contributed by atoms with E-state index in [4.69, 9.17) is 5.84 Å². The van der Waals surface area contributed by atoms with Crippen LogP contribution in [-0.2, 0) is 0 Å². The van der Waals surface area contributed by atoms with Crippen LogP contribution < -0.4 is 11.3 Å². The van der Waals surface area contributed by atoms with Gasteiger partial charge in [0.25, 0.3) is 5.91 Å². The smallest absolute Gasteiger partial charge is 0.267 e. The number of amides is 1. The monoisotopic (exact) mass is 176 g/mol. The van der Waals surface area contributed by atoms with Gasteiger partial charge in [-0.3, -0.25) is 15.3 Å². The minimum Gasteiger partial charge on any atom is -0.290 e. The second-order valence-electron chi connectivity index (χ2n) is 2.61. The molecular formula is C8H8N4O. The molecule has 0 radical (unpaired) electrons. The number of aromatic nitrogens is 2. The van der Waals surface area contributed by atoms with Gasteiger partial charge >= 0.3 is 0 Å². The first-order valence-corrected chi connectivity index (χ1v) is 3.76. The fourth-order valence-corrected chi connectivity index (χ4v) is 1.24. The van der Waals surface area contributed by atoms with Gasteiger partial charge in [0.05, 0.1) is 17.3 Å². The van der Waals surface area contributed by atoms with E-state index in [1.807, 2.05) is 6.07 Å². The number of hydrogen-bond acceptors (Lipinski definition) is 3. The lowest BCUT2D eigenvalue weighted by Gasteiger charge is -1.99. The molecule has 0 aliphatic carbocycles. The van der Waals surface area contributed by atoms with Crippen LogP contribution in [0.1, 0.15) is 10.4 Å². The van der Waals surface area contributed by atoms with Crippen molar-refractivity contribution in [3.8, 4) is 0 Å². The third kappa shape index (κ3) is 1.15. The molecule has 0 atom stereocenters. The summed E-state index contributed by atoms with van der Waals surface area (Å²) in [7, 11) is 0. The van der Waals surface area contributed by atoms with Crippen molar-refractivity contribution >= 4 is 16.8 Å². The summed E-state index contributed by atoms with van der Waals surface area (Å²) < 4.78 is 0. The maximum absolute atomic E-state index is 11.2. The van der Waals surface area contributed by atoms with Crippen LogP contribution in [0.15, 0.2) is 24.4 Å². The van der Waals surface area contributed by atoms with Crippen molar-refractivity contribution in [3.05, 3.63) is 30.0 Å². The van der Waals surface area contributed by atoms with E-state index in [-0.39, 0.29) is 5.91 Å². The normalized spacial score (nSPS) is 10.2. The Labute approximate surface area is 73.9 Å². The molecule has 1 aromatic heterocycles. The van der Waals surface area contributed by atoms with Crippen molar-refractivity contribution in [3.63, 3.8) is 0 Å². The number of carbonyl (C=O) groups is 1. The zero-order chi connectivity index (χ0) is 9.26. The lowest BCUT2D eigenvalue weighted by Crippen LogP contribution is -2.30. The van der Waals surface area contributed by atoms with Gasteiger partial charge in [-0.2, -0.15) is 5.10 Å². The molecule has 0 spiro atoms. The van der Waals surface area contributed by atoms with Crippen LogP contribution in [0.3, 0.4) is 0 Å². The largest absolute Gasteiger partial charge is 0.290 e. The first-order valence-electron chi connectivity index (χ1n) is 3.76. The highest BCUT2D eigenvalue weighted by molar-refractivity contribution is 6.05. The van der Waals surface area contributed by atoms with Gasteiger partial charge in [0, 0.05) is 5.39 Å². The minimum atomic E-state index is -0.324. The lowest BCUT2D eigenvalue weighted by molar-refractivity contribution is 0.0955. The maximum Gasteiger partial charge on any atom is 0.267 e. The van der Waals surface area contributed by atoms with Crippen molar-refractivity contribution in [2.45, 2.75) is 0 Å². The fraction of sp³-hybridized carbons (Fsp3) is 0. The van der Waals surface area contributed by atoms with Gasteiger partial charge in [-0.1, -0.05) is 12.1 Å². The van der Waals surface area contributed by atoms with E-state index < -0.39 is 0 Å². The average Bonchev–Trinajstić information content (AvgIpc) is 2.63. The van der Waals surface area contributed by atoms with E-state index in [0.29, 0.717) is 11.1 Å². The predicted molar refractivity (Wildman–Crippen MR) is 47.7 cm³/mol.